The quantitative estimate of drug-likeness (QED) is 0.319. The van der Waals surface area contributed by atoms with Crippen LogP contribution in [0.5, 0.6) is 0 Å². The van der Waals surface area contributed by atoms with Crippen molar-refractivity contribution < 1.29 is 19.1 Å². The Morgan fingerprint density at radius 3 is 2.71 bits per heavy atom. The molecule has 2 amide bonds. The lowest BCUT2D eigenvalue weighted by Crippen LogP contribution is -2.47. The molecule has 2 heterocycles. The van der Waals surface area contributed by atoms with Crippen LogP contribution in [0, 0.1) is 0 Å². The van der Waals surface area contributed by atoms with E-state index in [-0.39, 0.29) is 31.0 Å². The zero-order chi connectivity index (χ0) is 26.5. The number of carbonyl (C=O) groups is 3. The molecule has 1 aliphatic carbocycles. The molecule has 0 bridgehead atoms. The molecule has 38 heavy (non-hydrogen) atoms. The van der Waals surface area contributed by atoms with Gasteiger partial charge in [0.25, 0.3) is 0 Å². The van der Waals surface area contributed by atoms with Crippen LogP contribution >= 0.6 is 11.3 Å². The van der Waals surface area contributed by atoms with Crippen LogP contribution in [0.3, 0.4) is 0 Å². The number of anilines is 1. The van der Waals surface area contributed by atoms with Crippen LogP contribution in [0.4, 0.5) is 5.69 Å². The smallest absolute Gasteiger partial charge is 0.338 e. The largest absolute Gasteiger partial charge is 0.462 e. The van der Waals surface area contributed by atoms with Crippen molar-refractivity contribution in [3.05, 3.63) is 76.5 Å². The van der Waals surface area contributed by atoms with Crippen molar-refractivity contribution in [1.29, 1.82) is 0 Å². The van der Waals surface area contributed by atoms with E-state index in [2.05, 4.69) is 15.6 Å². The summed E-state index contributed by atoms with van der Waals surface area (Å²) in [6.45, 7) is 1.83. The molecule has 1 N–H and O–H groups in total. The van der Waals surface area contributed by atoms with E-state index in [0.717, 1.165) is 25.7 Å². The first-order chi connectivity index (χ1) is 18.5. The summed E-state index contributed by atoms with van der Waals surface area (Å²) in [4.78, 5) is 41.9. The lowest BCUT2D eigenvalue weighted by atomic mass is 10.0. The number of nitrogens with one attached hydrogen (secondary N) is 1. The van der Waals surface area contributed by atoms with Crippen LogP contribution in [0.2, 0.25) is 0 Å². The molecule has 0 unspecified atom stereocenters. The second-order valence-corrected chi connectivity index (χ2v) is 10.00. The number of esters is 1. The summed E-state index contributed by atoms with van der Waals surface area (Å²) in [5.74, 6) is -1.11. The van der Waals surface area contributed by atoms with E-state index >= 15 is 0 Å². The molecule has 196 valence electrons. The first-order valence-corrected chi connectivity index (χ1v) is 13.7. The molecular formula is C28H29N5O4S. The van der Waals surface area contributed by atoms with Gasteiger partial charge in [0.1, 0.15) is 18.1 Å². The molecule has 1 aliphatic rings. The lowest BCUT2D eigenvalue weighted by molar-refractivity contribution is -0.127. The van der Waals surface area contributed by atoms with E-state index in [9.17, 15) is 14.4 Å². The van der Waals surface area contributed by atoms with E-state index in [1.165, 1.54) is 20.9 Å². The number of aromatic nitrogens is 3. The number of para-hydroxylation sites is 1. The Labute approximate surface area is 224 Å². The van der Waals surface area contributed by atoms with Gasteiger partial charge in [-0.2, -0.15) is 11.3 Å². The Balaban J connectivity index is 1.56. The third-order valence-corrected chi connectivity index (χ3v) is 7.38. The van der Waals surface area contributed by atoms with Gasteiger partial charge in [-0.15, -0.1) is 5.10 Å². The molecule has 1 fully saturated rings. The molecule has 0 aliphatic heterocycles. The van der Waals surface area contributed by atoms with Crippen LogP contribution in [0.1, 0.15) is 54.6 Å². The number of hydrogen-bond acceptors (Lipinski definition) is 7. The highest BCUT2D eigenvalue weighted by Gasteiger charge is 2.35. The molecule has 2 aromatic heterocycles. The van der Waals surface area contributed by atoms with Gasteiger partial charge in [0.2, 0.25) is 11.8 Å². The van der Waals surface area contributed by atoms with E-state index in [1.807, 2.05) is 41.1 Å². The number of ether oxygens (including phenoxy) is 1. The number of thiophene rings is 1. The van der Waals surface area contributed by atoms with Gasteiger partial charge in [0.15, 0.2) is 0 Å². The van der Waals surface area contributed by atoms with Crippen molar-refractivity contribution in [2.24, 2.45) is 0 Å². The Hall–Kier alpha value is -4.05. The standard InChI is InChI=1S/C28H29N5O4S/c1-2-37-28(36)19-8-7-11-22(16-19)33(25(34)17-32-24-13-6-5-12-23(24)30-31-32)26(20-14-15-38-18-20)27(35)29-21-9-3-4-10-21/h5-8,11-16,18,21,26H,2-4,9-10,17H2,1H3,(H,29,35)/t26-/m1/s1. The minimum atomic E-state index is -0.929. The fourth-order valence-electron chi connectivity index (χ4n) is 4.87. The van der Waals surface area contributed by atoms with E-state index in [1.54, 1.807) is 31.2 Å². The van der Waals surface area contributed by atoms with Gasteiger partial charge in [-0.1, -0.05) is 36.3 Å². The van der Waals surface area contributed by atoms with Crippen molar-refractivity contribution in [2.45, 2.75) is 51.2 Å². The van der Waals surface area contributed by atoms with Gasteiger partial charge in [-0.05, 0) is 72.5 Å². The van der Waals surface area contributed by atoms with Crippen molar-refractivity contribution in [3.63, 3.8) is 0 Å². The fraction of sp³-hybridized carbons (Fsp3) is 0.321. The average molecular weight is 532 g/mol. The highest BCUT2D eigenvalue weighted by molar-refractivity contribution is 7.08. The zero-order valence-corrected chi connectivity index (χ0v) is 21.9. The Morgan fingerprint density at radius 1 is 1.13 bits per heavy atom. The Kier molecular flexibility index (Phi) is 7.78. The van der Waals surface area contributed by atoms with Crippen molar-refractivity contribution in [3.8, 4) is 0 Å². The number of benzene rings is 2. The first kappa shape index (κ1) is 25.6. The molecule has 10 heteroatoms. The minimum Gasteiger partial charge on any atom is -0.462 e. The van der Waals surface area contributed by atoms with Gasteiger partial charge in [0, 0.05) is 11.7 Å². The van der Waals surface area contributed by atoms with E-state index < -0.39 is 12.0 Å². The molecule has 0 radical (unpaired) electrons. The van der Waals surface area contributed by atoms with Crippen molar-refractivity contribution >= 4 is 45.8 Å². The predicted molar refractivity (Wildman–Crippen MR) is 145 cm³/mol. The summed E-state index contributed by atoms with van der Waals surface area (Å²) < 4.78 is 6.71. The highest BCUT2D eigenvalue weighted by Crippen LogP contribution is 2.31. The normalized spacial score (nSPS) is 14.3. The molecule has 9 nitrogen and oxygen atoms in total. The summed E-state index contributed by atoms with van der Waals surface area (Å²) in [5, 5.41) is 15.3. The second-order valence-electron chi connectivity index (χ2n) is 9.22. The maximum atomic E-state index is 14.1. The van der Waals surface area contributed by atoms with E-state index in [4.69, 9.17) is 4.74 Å². The van der Waals surface area contributed by atoms with Crippen LogP contribution in [0.15, 0.2) is 65.4 Å². The number of hydrogen-bond donors (Lipinski definition) is 1. The van der Waals surface area contributed by atoms with Gasteiger partial charge >= 0.3 is 5.97 Å². The van der Waals surface area contributed by atoms with Gasteiger partial charge in [-0.25, -0.2) is 9.48 Å². The van der Waals surface area contributed by atoms with Crippen LogP contribution in [0.25, 0.3) is 11.0 Å². The maximum Gasteiger partial charge on any atom is 0.338 e. The van der Waals surface area contributed by atoms with Crippen LogP contribution in [-0.4, -0.2) is 45.4 Å². The average Bonchev–Trinajstić information content (AvgIpc) is 3.71. The molecule has 0 spiro atoms. The molecule has 1 atom stereocenters. The summed E-state index contributed by atoms with van der Waals surface area (Å²) >= 11 is 1.45. The number of carbonyl (C=O) groups excluding carboxylic acids is 3. The molecule has 0 saturated heterocycles. The summed E-state index contributed by atoms with van der Waals surface area (Å²) in [7, 11) is 0. The number of fused-ring (bicyclic) bond motifs is 1. The third kappa shape index (κ3) is 5.45. The van der Waals surface area contributed by atoms with Gasteiger partial charge in [0.05, 0.1) is 17.7 Å². The number of amides is 2. The minimum absolute atomic E-state index is 0.0747. The Morgan fingerprint density at radius 2 is 1.95 bits per heavy atom. The fourth-order valence-corrected chi connectivity index (χ4v) is 5.55. The number of rotatable bonds is 9. The SMILES string of the molecule is CCOC(=O)c1cccc(N(C(=O)Cn2nnc3ccccc32)[C@@H](C(=O)NC2CCCC2)c2ccsc2)c1. The second kappa shape index (κ2) is 11.6. The molecule has 1 saturated carbocycles. The van der Waals surface area contributed by atoms with Gasteiger partial charge < -0.3 is 10.1 Å². The Bertz CT molecular complexity index is 1430. The monoisotopic (exact) mass is 531 g/mol. The van der Waals surface area contributed by atoms with Gasteiger partial charge in [-0.3, -0.25) is 14.5 Å². The predicted octanol–water partition coefficient (Wildman–Crippen LogP) is 4.50. The van der Waals surface area contributed by atoms with Crippen LogP contribution < -0.4 is 10.2 Å². The topological polar surface area (TPSA) is 106 Å². The summed E-state index contributed by atoms with van der Waals surface area (Å²) in [6.07, 6.45) is 3.97. The molecular weight excluding hydrogens is 502 g/mol. The molecule has 5 rings (SSSR count). The number of nitrogens with zero attached hydrogens (tertiary/aromatic N) is 4. The summed E-state index contributed by atoms with van der Waals surface area (Å²) in [5.41, 5.74) is 2.80. The van der Waals surface area contributed by atoms with Crippen LogP contribution in [-0.2, 0) is 20.9 Å². The van der Waals surface area contributed by atoms with Crippen molar-refractivity contribution in [1.82, 2.24) is 20.3 Å². The highest BCUT2D eigenvalue weighted by atomic mass is 32.1. The van der Waals surface area contributed by atoms with E-state index in [0.29, 0.717) is 27.8 Å². The lowest BCUT2D eigenvalue weighted by Gasteiger charge is -2.32. The van der Waals surface area contributed by atoms with Crippen molar-refractivity contribution in [2.75, 3.05) is 11.5 Å². The zero-order valence-electron chi connectivity index (χ0n) is 21.1. The third-order valence-electron chi connectivity index (χ3n) is 6.68. The first-order valence-electron chi connectivity index (χ1n) is 12.7. The summed E-state index contributed by atoms with van der Waals surface area (Å²) in [6, 6.07) is 15.0. The molecule has 4 aromatic rings. The maximum absolute atomic E-state index is 14.1. The molecule has 2 aromatic carbocycles.